The summed E-state index contributed by atoms with van der Waals surface area (Å²) in [5, 5.41) is 0. The highest BCUT2D eigenvalue weighted by Gasteiger charge is 2.40. The normalized spacial score (nSPS) is 12.9. The average Bonchev–Trinajstić information content (AvgIpc) is 1.83. The van der Waals surface area contributed by atoms with Gasteiger partial charge in [-0.15, -0.1) is 0 Å². The predicted molar refractivity (Wildman–Crippen MR) is 51.9 cm³/mol. The number of amides is 1. The molecule has 1 amide bonds. The largest absolute Gasteiger partial charge is 0.348 e. The van der Waals surface area contributed by atoms with Gasteiger partial charge in [-0.1, -0.05) is 34.6 Å². The van der Waals surface area contributed by atoms with Gasteiger partial charge in [-0.2, -0.15) is 0 Å². The number of hydrogen-bond acceptors (Lipinski definition) is 1. The van der Waals surface area contributed by atoms with E-state index in [2.05, 4.69) is 20.8 Å². The van der Waals surface area contributed by atoms with Gasteiger partial charge in [0.05, 0.1) is 0 Å². The van der Waals surface area contributed by atoms with Crippen molar-refractivity contribution in [3.05, 3.63) is 0 Å². The van der Waals surface area contributed by atoms with Gasteiger partial charge < -0.3 is 4.90 Å². The highest BCUT2D eigenvalue weighted by molar-refractivity contribution is 5.82. The van der Waals surface area contributed by atoms with Gasteiger partial charge in [-0.25, -0.2) is 0 Å². The van der Waals surface area contributed by atoms with Crippen molar-refractivity contribution in [1.82, 2.24) is 4.90 Å². The maximum absolute atomic E-state index is 11.7. The summed E-state index contributed by atoms with van der Waals surface area (Å²) < 4.78 is 0. The highest BCUT2D eigenvalue weighted by Crippen LogP contribution is 2.38. The van der Waals surface area contributed by atoms with Crippen LogP contribution in [0.15, 0.2) is 0 Å². The topological polar surface area (TPSA) is 20.3 Å². The van der Waals surface area contributed by atoms with Gasteiger partial charge in [-0.3, -0.25) is 4.79 Å². The molecule has 0 N–H and O–H groups in total. The van der Waals surface area contributed by atoms with Crippen molar-refractivity contribution in [1.29, 1.82) is 0 Å². The summed E-state index contributed by atoms with van der Waals surface area (Å²) in [5.74, 6) is 0.190. The molecule has 0 aromatic rings. The lowest BCUT2D eigenvalue weighted by Gasteiger charge is -2.38. The number of hydrogen-bond donors (Lipinski definition) is 0. The van der Waals surface area contributed by atoms with E-state index in [0.29, 0.717) is 0 Å². The van der Waals surface area contributed by atoms with E-state index in [4.69, 9.17) is 0 Å². The van der Waals surface area contributed by atoms with E-state index >= 15 is 0 Å². The molecule has 0 fully saturated rings. The molecule has 0 saturated heterocycles. The Kier molecular flexibility index (Phi) is 2.94. The number of nitrogens with zero attached hydrogens (tertiary/aromatic N) is 1. The van der Waals surface area contributed by atoms with Crippen LogP contribution in [0.5, 0.6) is 0 Å². The van der Waals surface area contributed by atoms with Crippen LogP contribution in [0.3, 0.4) is 0 Å². The smallest absolute Gasteiger partial charge is 0.228 e. The molecule has 0 unspecified atom stereocenters. The fourth-order valence-electron chi connectivity index (χ4n) is 0.880. The Bertz CT molecular complexity index is 175. The Morgan fingerprint density at radius 1 is 1.00 bits per heavy atom. The van der Waals surface area contributed by atoms with Crippen LogP contribution in [0.2, 0.25) is 0 Å². The molecule has 0 aliphatic rings. The van der Waals surface area contributed by atoms with Crippen molar-refractivity contribution in [3.8, 4) is 0 Å². The molecule has 72 valence electrons. The number of rotatable bonds is 1. The summed E-state index contributed by atoms with van der Waals surface area (Å²) in [6.07, 6.45) is 0. The molecule has 0 aromatic heterocycles. The number of carbonyl (C=O) groups is 1. The first kappa shape index (κ1) is 11.5. The van der Waals surface area contributed by atoms with E-state index in [1.54, 1.807) is 19.0 Å². The van der Waals surface area contributed by atoms with Gasteiger partial charge in [-0.05, 0) is 5.41 Å². The van der Waals surface area contributed by atoms with E-state index in [-0.39, 0.29) is 16.7 Å². The quantitative estimate of drug-likeness (QED) is 0.592. The van der Waals surface area contributed by atoms with E-state index in [9.17, 15) is 4.79 Å². The predicted octanol–water partition coefficient (Wildman–Crippen LogP) is 2.15. The Morgan fingerprint density at radius 2 is 1.33 bits per heavy atom. The third-order valence-corrected chi connectivity index (χ3v) is 2.82. The van der Waals surface area contributed by atoms with Crippen LogP contribution in [0.1, 0.15) is 34.6 Å². The second-order valence-electron chi connectivity index (χ2n) is 5.07. The summed E-state index contributed by atoms with van der Waals surface area (Å²) in [4.78, 5) is 13.4. The second-order valence-corrected chi connectivity index (χ2v) is 5.07. The Balaban J connectivity index is 4.74. The molecule has 0 atom stereocenters. The molecule has 0 bridgehead atoms. The molecular formula is C10H21NO. The highest BCUT2D eigenvalue weighted by atomic mass is 16.2. The first-order valence-corrected chi connectivity index (χ1v) is 4.32. The lowest BCUT2D eigenvalue weighted by molar-refractivity contribution is -0.143. The van der Waals surface area contributed by atoms with Gasteiger partial charge in [0.1, 0.15) is 0 Å². The van der Waals surface area contributed by atoms with Gasteiger partial charge >= 0.3 is 0 Å². The van der Waals surface area contributed by atoms with Crippen LogP contribution in [0.25, 0.3) is 0 Å². The minimum Gasteiger partial charge on any atom is -0.348 e. The van der Waals surface area contributed by atoms with E-state index in [0.717, 1.165) is 0 Å². The molecule has 2 nitrogen and oxygen atoms in total. The number of carbonyl (C=O) groups excluding carboxylic acids is 1. The Hall–Kier alpha value is -0.530. The molecule has 0 radical (unpaired) electrons. The first-order chi connectivity index (χ1) is 5.10. The van der Waals surface area contributed by atoms with Gasteiger partial charge in [0.2, 0.25) is 5.91 Å². The maximum atomic E-state index is 11.7. The van der Waals surface area contributed by atoms with E-state index < -0.39 is 0 Å². The SMILES string of the molecule is CN(C)C(=O)C(C)(C)C(C)(C)C. The third kappa shape index (κ3) is 1.99. The fourth-order valence-corrected chi connectivity index (χ4v) is 0.880. The molecule has 0 heterocycles. The Labute approximate surface area is 75.9 Å². The van der Waals surface area contributed by atoms with Crippen molar-refractivity contribution in [2.45, 2.75) is 34.6 Å². The standard InChI is InChI=1S/C10H21NO/c1-9(2,3)10(4,5)8(12)11(6)7/h1-7H3. The van der Waals surface area contributed by atoms with Crippen LogP contribution in [-0.2, 0) is 4.79 Å². The van der Waals surface area contributed by atoms with Crippen LogP contribution in [-0.4, -0.2) is 24.9 Å². The lowest BCUT2D eigenvalue weighted by Crippen LogP contribution is -2.44. The van der Waals surface area contributed by atoms with Gasteiger partial charge in [0.25, 0.3) is 0 Å². The van der Waals surface area contributed by atoms with Crippen LogP contribution in [0, 0.1) is 10.8 Å². The molecular weight excluding hydrogens is 150 g/mol. The zero-order chi connectivity index (χ0) is 10.2. The monoisotopic (exact) mass is 171 g/mol. The summed E-state index contributed by atoms with van der Waals surface area (Å²) in [6, 6.07) is 0. The van der Waals surface area contributed by atoms with Crippen molar-refractivity contribution in [2.75, 3.05) is 14.1 Å². The zero-order valence-corrected chi connectivity index (χ0v) is 9.36. The lowest BCUT2D eigenvalue weighted by atomic mass is 9.68. The van der Waals surface area contributed by atoms with Crippen LogP contribution >= 0.6 is 0 Å². The van der Waals surface area contributed by atoms with Gasteiger partial charge in [0.15, 0.2) is 0 Å². The summed E-state index contributed by atoms with van der Waals surface area (Å²) >= 11 is 0. The van der Waals surface area contributed by atoms with Crippen LogP contribution in [0.4, 0.5) is 0 Å². The third-order valence-electron chi connectivity index (χ3n) is 2.82. The van der Waals surface area contributed by atoms with Crippen molar-refractivity contribution in [2.24, 2.45) is 10.8 Å². The average molecular weight is 171 g/mol. The van der Waals surface area contributed by atoms with Crippen molar-refractivity contribution < 1.29 is 4.79 Å². The van der Waals surface area contributed by atoms with E-state index in [1.807, 2.05) is 13.8 Å². The van der Waals surface area contributed by atoms with Crippen LogP contribution < -0.4 is 0 Å². The van der Waals surface area contributed by atoms with E-state index in [1.165, 1.54) is 0 Å². The first-order valence-electron chi connectivity index (χ1n) is 4.32. The molecule has 0 spiro atoms. The summed E-state index contributed by atoms with van der Waals surface area (Å²) in [5.41, 5.74) is -0.287. The minimum atomic E-state index is -0.295. The molecule has 12 heavy (non-hydrogen) atoms. The molecule has 0 aliphatic carbocycles. The maximum Gasteiger partial charge on any atom is 0.228 e. The summed E-state index contributed by atoms with van der Waals surface area (Å²) in [6.45, 7) is 10.3. The van der Waals surface area contributed by atoms with Crippen molar-refractivity contribution >= 4 is 5.91 Å². The van der Waals surface area contributed by atoms with Gasteiger partial charge in [0, 0.05) is 19.5 Å². The second kappa shape index (κ2) is 3.08. The molecule has 2 heteroatoms. The molecule has 0 rings (SSSR count). The molecule has 0 aliphatic heterocycles. The summed E-state index contributed by atoms with van der Waals surface area (Å²) in [7, 11) is 3.60. The molecule has 0 saturated carbocycles. The minimum absolute atomic E-state index is 0.00829. The van der Waals surface area contributed by atoms with Crippen molar-refractivity contribution in [3.63, 3.8) is 0 Å². The molecule has 0 aromatic carbocycles. The fraction of sp³-hybridized carbons (Fsp3) is 0.900. The zero-order valence-electron chi connectivity index (χ0n) is 9.36. The Morgan fingerprint density at radius 3 is 1.42 bits per heavy atom.